The first-order valence-electron chi connectivity index (χ1n) is 5.98. The van der Waals surface area contributed by atoms with Crippen LogP contribution >= 0.6 is 11.6 Å². The molecule has 0 atom stereocenters. The van der Waals surface area contributed by atoms with E-state index in [1.54, 1.807) is 24.3 Å². The Morgan fingerprint density at radius 3 is 2.60 bits per heavy atom. The maximum Gasteiger partial charge on any atom is 0.162 e. The number of ether oxygens (including phenoxy) is 2. The van der Waals surface area contributed by atoms with Gasteiger partial charge in [-0.05, 0) is 29.8 Å². The Morgan fingerprint density at radius 1 is 1.15 bits per heavy atom. The van der Waals surface area contributed by atoms with Crippen LogP contribution in [0.2, 0.25) is 5.02 Å². The van der Waals surface area contributed by atoms with Gasteiger partial charge < -0.3 is 14.6 Å². The highest BCUT2D eigenvalue weighted by Crippen LogP contribution is 2.29. The van der Waals surface area contributed by atoms with Gasteiger partial charge in [0.05, 0.1) is 18.7 Å². The molecule has 0 heterocycles. The van der Waals surface area contributed by atoms with Crippen LogP contribution in [-0.4, -0.2) is 12.2 Å². The van der Waals surface area contributed by atoms with E-state index in [1.807, 2.05) is 0 Å². The maximum atomic E-state index is 13.0. The third kappa shape index (κ3) is 3.40. The van der Waals surface area contributed by atoms with Gasteiger partial charge in [-0.15, -0.1) is 0 Å². The average molecular weight is 297 g/mol. The average Bonchev–Trinajstić information content (AvgIpc) is 2.46. The molecule has 0 saturated carbocycles. The molecule has 0 aliphatic carbocycles. The van der Waals surface area contributed by atoms with Crippen LogP contribution in [0, 0.1) is 5.82 Å². The second kappa shape index (κ2) is 6.59. The molecular weight excluding hydrogens is 283 g/mol. The highest BCUT2D eigenvalue weighted by Gasteiger charge is 2.08. The van der Waals surface area contributed by atoms with Crippen LogP contribution in [0.5, 0.6) is 11.5 Å². The minimum atomic E-state index is -0.390. The van der Waals surface area contributed by atoms with Gasteiger partial charge in [-0.3, -0.25) is 0 Å². The summed E-state index contributed by atoms with van der Waals surface area (Å²) in [6, 6.07) is 9.29. The minimum Gasteiger partial charge on any atom is -0.493 e. The zero-order valence-electron chi connectivity index (χ0n) is 10.9. The summed E-state index contributed by atoms with van der Waals surface area (Å²) in [5.74, 6) is 0.665. The number of halogens is 2. The lowest BCUT2D eigenvalue weighted by molar-refractivity contribution is 0.271. The normalized spacial score (nSPS) is 10.4. The van der Waals surface area contributed by atoms with Crippen molar-refractivity contribution in [1.29, 1.82) is 0 Å². The second-order valence-corrected chi connectivity index (χ2v) is 4.57. The van der Waals surface area contributed by atoms with E-state index in [0.717, 1.165) is 0 Å². The fourth-order valence-electron chi connectivity index (χ4n) is 1.73. The fourth-order valence-corrected chi connectivity index (χ4v) is 1.95. The van der Waals surface area contributed by atoms with E-state index < -0.39 is 5.82 Å². The molecule has 0 amide bonds. The summed E-state index contributed by atoms with van der Waals surface area (Å²) in [7, 11) is 1.53. The molecule has 0 aliphatic heterocycles. The fraction of sp³-hybridized carbons (Fsp3) is 0.200. The van der Waals surface area contributed by atoms with Gasteiger partial charge in [-0.25, -0.2) is 4.39 Å². The van der Waals surface area contributed by atoms with E-state index in [9.17, 15) is 4.39 Å². The van der Waals surface area contributed by atoms with Gasteiger partial charge in [0.25, 0.3) is 0 Å². The van der Waals surface area contributed by atoms with Crippen molar-refractivity contribution >= 4 is 11.6 Å². The van der Waals surface area contributed by atoms with Crippen molar-refractivity contribution in [2.45, 2.75) is 13.2 Å². The molecule has 2 aromatic rings. The molecule has 2 aromatic carbocycles. The Morgan fingerprint density at radius 2 is 1.95 bits per heavy atom. The summed E-state index contributed by atoms with van der Waals surface area (Å²) in [6.45, 7) is 0.0992. The topological polar surface area (TPSA) is 38.7 Å². The second-order valence-electron chi connectivity index (χ2n) is 4.17. The molecule has 1 N–H and O–H groups in total. The highest BCUT2D eigenvalue weighted by atomic mass is 35.5. The lowest BCUT2D eigenvalue weighted by Gasteiger charge is -2.12. The summed E-state index contributed by atoms with van der Waals surface area (Å²) in [5, 5.41) is 9.43. The van der Waals surface area contributed by atoms with Gasteiger partial charge in [0, 0.05) is 5.56 Å². The number of benzene rings is 2. The maximum absolute atomic E-state index is 13.0. The number of methoxy groups -OCH3 is 1. The molecule has 3 nitrogen and oxygen atoms in total. The SMILES string of the molecule is COc1ccc(CO)cc1OCc1ccc(F)cc1Cl. The molecule has 0 bridgehead atoms. The van der Waals surface area contributed by atoms with Crippen LogP contribution in [0.3, 0.4) is 0 Å². The number of aliphatic hydroxyl groups is 1. The molecule has 0 unspecified atom stereocenters. The lowest BCUT2D eigenvalue weighted by atomic mass is 10.2. The third-order valence-corrected chi connectivity index (χ3v) is 3.16. The van der Waals surface area contributed by atoms with Crippen LogP contribution in [0.25, 0.3) is 0 Å². The zero-order valence-corrected chi connectivity index (χ0v) is 11.7. The molecule has 0 spiro atoms. The van der Waals surface area contributed by atoms with E-state index in [0.29, 0.717) is 27.6 Å². The molecule has 0 aromatic heterocycles. The first-order chi connectivity index (χ1) is 9.63. The predicted octanol–water partition coefficient (Wildman–Crippen LogP) is 3.56. The molecule has 0 fully saturated rings. The smallest absolute Gasteiger partial charge is 0.162 e. The summed E-state index contributed by atoms with van der Waals surface area (Å²) >= 11 is 5.94. The first-order valence-corrected chi connectivity index (χ1v) is 6.36. The standard InChI is InChI=1S/C15H14ClFO3/c1-19-14-5-2-10(8-18)6-15(14)20-9-11-3-4-12(17)7-13(11)16/h2-7,18H,8-9H2,1H3. The van der Waals surface area contributed by atoms with Crippen molar-refractivity contribution in [2.75, 3.05) is 7.11 Å². The van der Waals surface area contributed by atoms with Crippen molar-refractivity contribution in [2.24, 2.45) is 0 Å². The molecule has 2 rings (SSSR count). The molecule has 0 saturated heterocycles. The van der Waals surface area contributed by atoms with Gasteiger partial charge in [0.1, 0.15) is 12.4 Å². The van der Waals surface area contributed by atoms with Crippen molar-refractivity contribution < 1.29 is 19.0 Å². The largest absolute Gasteiger partial charge is 0.493 e. The Balaban J connectivity index is 2.17. The first kappa shape index (κ1) is 14.6. The van der Waals surface area contributed by atoms with Crippen LogP contribution in [0.4, 0.5) is 4.39 Å². The number of hydrogen-bond acceptors (Lipinski definition) is 3. The lowest BCUT2D eigenvalue weighted by Crippen LogP contribution is -1.99. The van der Waals surface area contributed by atoms with Crippen molar-refractivity contribution in [3.05, 3.63) is 58.4 Å². The van der Waals surface area contributed by atoms with E-state index >= 15 is 0 Å². The molecule has 20 heavy (non-hydrogen) atoms. The number of aliphatic hydroxyl groups excluding tert-OH is 1. The Hall–Kier alpha value is -1.78. The zero-order chi connectivity index (χ0) is 14.5. The van der Waals surface area contributed by atoms with E-state index in [-0.39, 0.29) is 13.2 Å². The van der Waals surface area contributed by atoms with Crippen molar-refractivity contribution in [3.8, 4) is 11.5 Å². The van der Waals surface area contributed by atoms with Gasteiger partial charge in [-0.1, -0.05) is 23.7 Å². The van der Waals surface area contributed by atoms with Gasteiger partial charge in [0.15, 0.2) is 11.5 Å². The van der Waals surface area contributed by atoms with Gasteiger partial charge in [-0.2, -0.15) is 0 Å². The van der Waals surface area contributed by atoms with Gasteiger partial charge >= 0.3 is 0 Å². The highest BCUT2D eigenvalue weighted by molar-refractivity contribution is 6.31. The van der Waals surface area contributed by atoms with Crippen LogP contribution < -0.4 is 9.47 Å². The van der Waals surface area contributed by atoms with Gasteiger partial charge in [0.2, 0.25) is 0 Å². The molecule has 0 aliphatic rings. The molecular formula is C15H14ClFO3. The van der Waals surface area contributed by atoms with Crippen molar-refractivity contribution in [3.63, 3.8) is 0 Å². The summed E-state index contributed by atoms with van der Waals surface area (Å²) in [5.41, 5.74) is 1.38. The van der Waals surface area contributed by atoms with E-state index in [4.69, 9.17) is 26.2 Å². The third-order valence-electron chi connectivity index (χ3n) is 2.81. The molecule has 106 valence electrons. The van der Waals surface area contributed by atoms with Crippen molar-refractivity contribution in [1.82, 2.24) is 0 Å². The summed E-state index contributed by atoms with van der Waals surface area (Å²) in [4.78, 5) is 0. The van der Waals surface area contributed by atoms with Crippen LogP contribution in [0.1, 0.15) is 11.1 Å². The van der Waals surface area contributed by atoms with Crippen LogP contribution in [0.15, 0.2) is 36.4 Å². The number of hydrogen-bond donors (Lipinski definition) is 1. The predicted molar refractivity (Wildman–Crippen MR) is 74.7 cm³/mol. The summed E-state index contributed by atoms with van der Waals surface area (Å²) in [6.07, 6.45) is 0. The van der Waals surface area contributed by atoms with E-state index in [2.05, 4.69) is 0 Å². The quantitative estimate of drug-likeness (QED) is 0.917. The Kier molecular flexibility index (Phi) is 4.82. The number of rotatable bonds is 5. The molecule has 5 heteroatoms. The Bertz CT molecular complexity index is 602. The van der Waals surface area contributed by atoms with Crippen LogP contribution in [-0.2, 0) is 13.2 Å². The molecule has 0 radical (unpaired) electrons. The summed E-state index contributed by atoms with van der Waals surface area (Å²) < 4.78 is 23.8. The monoisotopic (exact) mass is 296 g/mol. The Labute approximate surface area is 121 Å². The van der Waals surface area contributed by atoms with E-state index in [1.165, 1.54) is 19.2 Å². The minimum absolute atomic E-state index is 0.0857.